The fourth-order valence-electron chi connectivity index (χ4n) is 3.10. The fraction of sp³-hybridized carbons (Fsp3) is 0.308. The summed E-state index contributed by atoms with van der Waals surface area (Å²) < 4.78 is 18.8. The smallest absolute Gasteiger partial charge is 0.133 e. The van der Waals surface area contributed by atoms with Gasteiger partial charge in [0.05, 0.1) is 23.8 Å². The molecule has 158 valence electrons. The maximum Gasteiger partial charge on any atom is 0.133 e. The zero-order chi connectivity index (χ0) is 21.6. The molecule has 30 heavy (non-hydrogen) atoms. The Balaban J connectivity index is 1.59. The lowest BCUT2D eigenvalue weighted by molar-refractivity contribution is 0.0823. The second kappa shape index (κ2) is 10.1. The minimum atomic E-state index is -0.128. The summed E-state index contributed by atoms with van der Waals surface area (Å²) >= 11 is 3.63. The lowest BCUT2D eigenvalue weighted by atomic mass is 9.85. The summed E-state index contributed by atoms with van der Waals surface area (Å²) in [6.45, 7) is 9.56. The van der Waals surface area contributed by atoms with E-state index in [2.05, 4.69) is 48.0 Å². The average molecular weight is 469 g/mol. The Morgan fingerprint density at radius 2 is 1.60 bits per heavy atom. The van der Waals surface area contributed by atoms with Crippen LogP contribution < -0.4 is 9.47 Å². The third kappa shape index (κ3) is 6.35. The van der Waals surface area contributed by atoms with Crippen LogP contribution in [0.25, 0.3) is 0 Å². The Hall–Kier alpha value is -2.30. The summed E-state index contributed by atoms with van der Waals surface area (Å²) in [7, 11) is 0. The normalized spacial score (nSPS) is 11.5. The van der Waals surface area contributed by atoms with Crippen molar-refractivity contribution >= 4 is 15.9 Å². The van der Waals surface area contributed by atoms with Crippen LogP contribution in [0.2, 0.25) is 0 Å². The third-order valence-electron chi connectivity index (χ3n) is 4.69. The van der Waals surface area contributed by atoms with Gasteiger partial charge < -0.3 is 14.2 Å². The second-order valence-electron chi connectivity index (χ2n) is 8.25. The van der Waals surface area contributed by atoms with Gasteiger partial charge in [-0.1, -0.05) is 50.2 Å². The molecule has 0 N–H and O–H groups in total. The molecule has 0 unspecified atom stereocenters. The maximum atomic E-state index is 6.08. The molecule has 3 rings (SSSR count). The first-order chi connectivity index (χ1) is 14.3. The molecule has 0 radical (unpaired) electrons. The molecule has 0 aliphatic carbocycles. The average Bonchev–Trinajstić information content (AvgIpc) is 2.70. The minimum absolute atomic E-state index is 0.128. The standard InChI is InChI=1S/C26H29BrO3/c1-19(2)29-25-14-13-21(16-24(25)27)26(3,4)18-28-17-20-9-8-12-23(15-20)30-22-10-6-5-7-11-22/h5-16,19H,17-18H2,1-4H3. The van der Waals surface area contributed by atoms with Crippen molar-refractivity contribution in [2.75, 3.05) is 6.61 Å². The summed E-state index contributed by atoms with van der Waals surface area (Å²) in [5.74, 6) is 2.50. The highest BCUT2D eigenvalue weighted by Gasteiger charge is 2.22. The monoisotopic (exact) mass is 468 g/mol. The van der Waals surface area contributed by atoms with Crippen molar-refractivity contribution in [3.8, 4) is 17.2 Å². The van der Waals surface area contributed by atoms with Crippen LogP contribution in [0.1, 0.15) is 38.8 Å². The van der Waals surface area contributed by atoms with Gasteiger partial charge in [-0.05, 0) is 77.3 Å². The number of ether oxygens (including phenoxy) is 3. The highest BCUT2D eigenvalue weighted by atomic mass is 79.9. The van der Waals surface area contributed by atoms with Crippen molar-refractivity contribution in [1.29, 1.82) is 0 Å². The summed E-state index contributed by atoms with van der Waals surface area (Å²) in [6.07, 6.45) is 0.144. The summed E-state index contributed by atoms with van der Waals surface area (Å²) in [5.41, 5.74) is 2.16. The van der Waals surface area contributed by atoms with Crippen LogP contribution in [0.3, 0.4) is 0 Å². The molecular formula is C26H29BrO3. The largest absolute Gasteiger partial charge is 0.490 e. The van der Waals surface area contributed by atoms with Gasteiger partial charge in [0.1, 0.15) is 17.2 Å². The van der Waals surface area contributed by atoms with Gasteiger partial charge in [-0.3, -0.25) is 0 Å². The van der Waals surface area contributed by atoms with Crippen LogP contribution in [0, 0.1) is 0 Å². The van der Waals surface area contributed by atoms with Crippen LogP contribution in [0.5, 0.6) is 17.2 Å². The van der Waals surface area contributed by atoms with Gasteiger partial charge in [-0.25, -0.2) is 0 Å². The van der Waals surface area contributed by atoms with Crippen molar-refractivity contribution in [3.63, 3.8) is 0 Å². The number of para-hydroxylation sites is 1. The molecule has 0 spiro atoms. The zero-order valence-electron chi connectivity index (χ0n) is 18.0. The predicted molar refractivity (Wildman–Crippen MR) is 126 cm³/mol. The van der Waals surface area contributed by atoms with Crippen molar-refractivity contribution in [1.82, 2.24) is 0 Å². The minimum Gasteiger partial charge on any atom is -0.490 e. The predicted octanol–water partition coefficient (Wildman–Crippen LogP) is 7.52. The number of hydrogen-bond donors (Lipinski definition) is 0. The van der Waals surface area contributed by atoms with Gasteiger partial charge in [-0.2, -0.15) is 0 Å². The topological polar surface area (TPSA) is 27.7 Å². The van der Waals surface area contributed by atoms with Gasteiger partial charge in [0.25, 0.3) is 0 Å². The molecule has 3 aromatic rings. The fourth-order valence-corrected chi connectivity index (χ4v) is 3.57. The van der Waals surface area contributed by atoms with E-state index in [4.69, 9.17) is 14.2 Å². The molecule has 4 heteroatoms. The second-order valence-corrected chi connectivity index (χ2v) is 9.11. The van der Waals surface area contributed by atoms with Gasteiger partial charge in [0.2, 0.25) is 0 Å². The summed E-state index contributed by atoms with van der Waals surface area (Å²) in [6, 6.07) is 24.1. The van der Waals surface area contributed by atoms with E-state index in [9.17, 15) is 0 Å². The molecule has 0 aliphatic heterocycles. The lowest BCUT2D eigenvalue weighted by Gasteiger charge is -2.26. The number of halogens is 1. The summed E-state index contributed by atoms with van der Waals surface area (Å²) in [5, 5.41) is 0. The van der Waals surface area contributed by atoms with E-state index in [1.807, 2.05) is 68.4 Å². The molecule has 0 saturated carbocycles. The van der Waals surface area contributed by atoms with E-state index in [0.717, 1.165) is 27.3 Å². The number of benzene rings is 3. The lowest BCUT2D eigenvalue weighted by Crippen LogP contribution is -2.24. The maximum absolute atomic E-state index is 6.08. The molecule has 0 bridgehead atoms. The molecular weight excluding hydrogens is 440 g/mol. The molecule has 3 nitrogen and oxygen atoms in total. The van der Waals surface area contributed by atoms with Crippen LogP contribution in [-0.4, -0.2) is 12.7 Å². The molecule has 0 aliphatic rings. The van der Waals surface area contributed by atoms with Gasteiger partial charge in [0, 0.05) is 5.41 Å². The molecule has 0 aromatic heterocycles. The summed E-state index contributed by atoms with van der Waals surface area (Å²) in [4.78, 5) is 0. The first-order valence-corrected chi connectivity index (χ1v) is 11.0. The third-order valence-corrected chi connectivity index (χ3v) is 5.30. The van der Waals surface area contributed by atoms with Crippen molar-refractivity contribution in [3.05, 3.63) is 88.4 Å². The first-order valence-electron chi connectivity index (χ1n) is 10.2. The molecule has 0 saturated heterocycles. The van der Waals surface area contributed by atoms with Crippen LogP contribution in [0.4, 0.5) is 0 Å². The van der Waals surface area contributed by atoms with Crippen LogP contribution in [0.15, 0.2) is 77.3 Å². The molecule has 0 amide bonds. The van der Waals surface area contributed by atoms with E-state index in [1.54, 1.807) is 0 Å². The van der Waals surface area contributed by atoms with Crippen LogP contribution >= 0.6 is 15.9 Å². The van der Waals surface area contributed by atoms with E-state index in [-0.39, 0.29) is 11.5 Å². The zero-order valence-corrected chi connectivity index (χ0v) is 19.6. The van der Waals surface area contributed by atoms with Crippen molar-refractivity contribution < 1.29 is 14.2 Å². The highest BCUT2D eigenvalue weighted by Crippen LogP contribution is 2.33. The number of hydrogen-bond acceptors (Lipinski definition) is 3. The van der Waals surface area contributed by atoms with Gasteiger partial charge in [0.15, 0.2) is 0 Å². The Kier molecular flexibility index (Phi) is 7.57. The van der Waals surface area contributed by atoms with Crippen molar-refractivity contribution in [2.24, 2.45) is 0 Å². The van der Waals surface area contributed by atoms with E-state index in [0.29, 0.717) is 13.2 Å². The molecule has 3 aromatic carbocycles. The Bertz CT molecular complexity index is 952. The highest BCUT2D eigenvalue weighted by molar-refractivity contribution is 9.10. The van der Waals surface area contributed by atoms with E-state index < -0.39 is 0 Å². The SMILES string of the molecule is CC(C)Oc1ccc(C(C)(C)COCc2cccc(Oc3ccccc3)c2)cc1Br. The first kappa shape index (κ1) is 22.4. The van der Waals surface area contributed by atoms with Gasteiger partial charge in [-0.15, -0.1) is 0 Å². The number of rotatable bonds is 9. The molecule has 0 heterocycles. The quantitative estimate of drug-likeness (QED) is 0.324. The Morgan fingerprint density at radius 1 is 0.867 bits per heavy atom. The molecule has 0 atom stereocenters. The van der Waals surface area contributed by atoms with Crippen molar-refractivity contribution in [2.45, 2.75) is 45.8 Å². The van der Waals surface area contributed by atoms with Gasteiger partial charge >= 0.3 is 0 Å². The molecule has 0 fully saturated rings. The Morgan fingerprint density at radius 3 is 2.30 bits per heavy atom. The van der Waals surface area contributed by atoms with Crippen LogP contribution in [-0.2, 0) is 16.8 Å². The van der Waals surface area contributed by atoms with E-state index >= 15 is 0 Å². The Labute approximate surface area is 188 Å². The van der Waals surface area contributed by atoms with E-state index in [1.165, 1.54) is 5.56 Å².